The maximum atomic E-state index is 12.5. The van der Waals surface area contributed by atoms with Gasteiger partial charge in [-0.3, -0.25) is 14.4 Å². The molecule has 128 valence electrons. The molecule has 1 amide bonds. The van der Waals surface area contributed by atoms with Crippen LogP contribution in [0, 0.1) is 0 Å². The summed E-state index contributed by atoms with van der Waals surface area (Å²) in [5, 5.41) is 7.13. The van der Waals surface area contributed by atoms with Crippen molar-refractivity contribution >= 4 is 27.5 Å². The summed E-state index contributed by atoms with van der Waals surface area (Å²) >= 11 is 3.39. The number of amides is 1. The second-order valence-electron chi connectivity index (χ2n) is 6.14. The summed E-state index contributed by atoms with van der Waals surface area (Å²) in [5.41, 5.74) is 2.64. The van der Waals surface area contributed by atoms with E-state index in [1.165, 1.54) is 37.9 Å². The normalized spacial score (nSPS) is 15.4. The van der Waals surface area contributed by atoms with Crippen LogP contribution >= 0.6 is 15.9 Å². The van der Waals surface area contributed by atoms with Gasteiger partial charge in [0.15, 0.2) is 0 Å². The number of aromatic nitrogens is 2. The number of hydrogen-bond donors (Lipinski definition) is 1. The summed E-state index contributed by atoms with van der Waals surface area (Å²) in [7, 11) is 0. The summed E-state index contributed by atoms with van der Waals surface area (Å²) in [6.07, 6.45) is 5.60. The molecular formula is C18H23BrN4O. The quantitative estimate of drug-likeness (QED) is 0.841. The third-order valence-corrected chi connectivity index (χ3v) is 4.96. The van der Waals surface area contributed by atoms with Gasteiger partial charge >= 0.3 is 0 Å². The fourth-order valence-electron chi connectivity index (χ4n) is 3.09. The first kappa shape index (κ1) is 17.2. The maximum Gasteiger partial charge on any atom is 0.275 e. The molecule has 3 rings (SSSR count). The average Bonchev–Trinajstić information content (AvgIpc) is 2.98. The van der Waals surface area contributed by atoms with Crippen molar-refractivity contribution in [1.29, 1.82) is 0 Å². The lowest BCUT2D eigenvalue weighted by atomic mass is 10.1. The number of piperidine rings is 1. The summed E-state index contributed by atoms with van der Waals surface area (Å²) in [6, 6.07) is 8.13. The van der Waals surface area contributed by atoms with E-state index in [0.29, 0.717) is 16.7 Å². The molecule has 6 heteroatoms. The van der Waals surface area contributed by atoms with E-state index in [1.54, 1.807) is 10.9 Å². The number of carbonyl (C=O) groups excluding carboxylic acids is 1. The first-order valence-corrected chi connectivity index (χ1v) is 9.30. The first-order chi connectivity index (χ1) is 11.7. The van der Waals surface area contributed by atoms with E-state index in [0.717, 1.165) is 12.2 Å². The van der Waals surface area contributed by atoms with Gasteiger partial charge in [0, 0.05) is 18.8 Å². The molecule has 2 heterocycles. The summed E-state index contributed by atoms with van der Waals surface area (Å²) in [5.74, 6) is -0.148. The summed E-state index contributed by atoms with van der Waals surface area (Å²) in [6.45, 7) is 5.98. The molecule has 24 heavy (non-hydrogen) atoms. The van der Waals surface area contributed by atoms with Crippen molar-refractivity contribution < 1.29 is 4.79 Å². The van der Waals surface area contributed by atoms with E-state index in [2.05, 4.69) is 43.4 Å². The van der Waals surface area contributed by atoms with Gasteiger partial charge in [-0.25, -0.2) is 0 Å². The largest absolute Gasteiger partial charge is 0.321 e. The van der Waals surface area contributed by atoms with Crippen LogP contribution in [0.5, 0.6) is 0 Å². The lowest BCUT2D eigenvalue weighted by Crippen LogP contribution is -2.29. The Bertz CT molecular complexity index is 690. The SMILES string of the molecule is CCn1ncc(Br)c1C(=O)Nc1ccc(CN2CCCCC2)cc1. The van der Waals surface area contributed by atoms with E-state index in [-0.39, 0.29) is 5.91 Å². The van der Waals surface area contributed by atoms with Crippen molar-refractivity contribution in [3.8, 4) is 0 Å². The van der Waals surface area contributed by atoms with E-state index in [1.807, 2.05) is 19.1 Å². The molecule has 5 nitrogen and oxygen atoms in total. The van der Waals surface area contributed by atoms with Crippen molar-refractivity contribution in [3.63, 3.8) is 0 Å². The number of nitrogens with one attached hydrogen (secondary N) is 1. The Hall–Kier alpha value is -1.66. The molecule has 1 fully saturated rings. The average molecular weight is 391 g/mol. The zero-order valence-electron chi connectivity index (χ0n) is 14.0. The van der Waals surface area contributed by atoms with Crippen LogP contribution in [0.2, 0.25) is 0 Å². The molecule has 0 saturated carbocycles. The van der Waals surface area contributed by atoms with Crippen LogP contribution in [-0.4, -0.2) is 33.7 Å². The highest BCUT2D eigenvalue weighted by molar-refractivity contribution is 9.10. The molecule has 1 aromatic carbocycles. The van der Waals surface area contributed by atoms with Crippen LogP contribution in [0.25, 0.3) is 0 Å². The van der Waals surface area contributed by atoms with Crippen molar-refractivity contribution in [1.82, 2.24) is 14.7 Å². The molecule has 0 radical (unpaired) electrons. The Labute approximate surface area is 151 Å². The van der Waals surface area contributed by atoms with Gasteiger partial charge in [0.2, 0.25) is 0 Å². The minimum Gasteiger partial charge on any atom is -0.321 e. The molecule has 0 atom stereocenters. The van der Waals surface area contributed by atoms with Gasteiger partial charge in [0.05, 0.1) is 10.7 Å². The number of hydrogen-bond acceptors (Lipinski definition) is 3. The molecule has 0 spiro atoms. The number of aryl methyl sites for hydroxylation is 1. The second-order valence-corrected chi connectivity index (χ2v) is 7.00. The number of anilines is 1. The van der Waals surface area contributed by atoms with E-state index >= 15 is 0 Å². The van der Waals surface area contributed by atoms with Gasteiger partial charge in [0.1, 0.15) is 5.69 Å². The van der Waals surface area contributed by atoms with Crippen LogP contribution in [0.1, 0.15) is 42.2 Å². The monoisotopic (exact) mass is 390 g/mol. The molecule has 2 aromatic rings. The van der Waals surface area contributed by atoms with Gasteiger partial charge in [0.25, 0.3) is 5.91 Å². The van der Waals surface area contributed by atoms with Gasteiger partial charge in [-0.05, 0) is 66.5 Å². The molecule has 1 N–H and O–H groups in total. The van der Waals surface area contributed by atoms with E-state index < -0.39 is 0 Å². The molecule has 0 aliphatic carbocycles. The Morgan fingerprint density at radius 1 is 1.21 bits per heavy atom. The fraction of sp³-hybridized carbons (Fsp3) is 0.444. The van der Waals surface area contributed by atoms with Crippen molar-refractivity contribution in [3.05, 3.63) is 46.2 Å². The number of nitrogens with zero attached hydrogens (tertiary/aromatic N) is 3. The van der Waals surface area contributed by atoms with Crippen LogP contribution in [0.4, 0.5) is 5.69 Å². The smallest absolute Gasteiger partial charge is 0.275 e. The van der Waals surface area contributed by atoms with Crippen molar-refractivity contribution in [2.75, 3.05) is 18.4 Å². The number of halogens is 1. The Balaban J connectivity index is 1.63. The van der Waals surface area contributed by atoms with E-state index in [4.69, 9.17) is 0 Å². The highest BCUT2D eigenvalue weighted by Gasteiger charge is 2.16. The number of rotatable bonds is 5. The minimum atomic E-state index is -0.148. The minimum absolute atomic E-state index is 0.148. The summed E-state index contributed by atoms with van der Waals surface area (Å²) < 4.78 is 2.40. The van der Waals surface area contributed by atoms with Crippen LogP contribution in [-0.2, 0) is 13.1 Å². The van der Waals surface area contributed by atoms with Gasteiger partial charge in [-0.15, -0.1) is 0 Å². The molecule has 1 saturated heterocycles. The topological polar surface area (TPSA) is 50.2 Å². The zero-order chi connectivity index (χ0) is 16.9. The van der Waals surface area contributed by atoms with Crippen LogP contribution in [0.15, 0.2) is 34.9 Å². The molecule has 1 aliphatic rings. The fourth-order valence-corrected chi connectivity index (χ4v) is 3.56. The molecule has 0 unspecified atom stereocenters. The van der Waals surface area contributed by atoms with Gasteiger partial charge in [-0.1, -0.05) is 18.6 Å². The van der Waals surface area contributed by atoms with E-state index in [9.17, 15) is 4.79 Å². The van der Waals surface area contributed by atoms with Crippen LogP contribution in [0.3, 0.4) is 0 Å². The van der Waals surface area contributed by atoms with Crippen molar-refractivity contribution in [2.45, 2.75) is 39.3 Å². The second kappa shape index (κ2) is 7.94. The predicted molar refractivity (Wildman–Crippen MR) is 99.1 cm³/mol. The highest BCUT2D eigenvalue weighted by atomic mass is 79.9. The Morgan fingerprint density at radius 2 is 1.92 bits per heavy atom. The lowest BCUT2D eigenvalue weighted by molar-refractivity contribution is 0.101. The van der Waals surface area contributed by atoms with Gasteiger partial charge in [-0.2, -0.15) is 5.10 Å². The molecule has 1 aromatic heterocycles. The molecule has 0 bridgehead atoms. The number of likely N-dealkylation sites (tertiary alicyclic amines) is 1. The molecule has 1 aliphatic heterocycles. The number of benzene rings is 1. The predicted octanol–water partition coefficient (Wildman–Crippen LogP) is 3.90. The standard InChI is InChI=1S/C18H23BrN4O/c1-2-23-17(16(19)12-20-23)18(24)21-15-8-6-14(7-9-15)13-22-10-4-3-5-11-22/h6-9,12H,2-5,10-11,13H2,1H3,(H,21,24). The van der Waals surface area contributed by atoms with Gasteiger partial charge < -0.3 is 5.32 Å². The third kappa shape index (κ3) is 4.05. The zero-order valence-corrected chi connectivity index (χ0v) is 15.6. The maximum absolute atomic E-state index is 12.5. The van der Waals surface area contributed by atoms with Crippen molar-refractivity contribution in [2.24, 2.45) is 0 Å². The van der Waals surface area contributed by atoms with Crippen LogP contribution < -0.4 is 5.32 Å². The Morgan fingerprint density at radius 3 is 2.58 bits per heavy atom. The summed E-state index contributed by atoms with van der Waals surface area (Å²) in [4.78, 5) is 15.0. The molecular weight excluding hydrogens is 368 g/mol. The lowest BCUT2D eigenvalue weighted by Gasteiger charge is -2.26. The highest BCUT2D eigenvalue weighted by Crippen LogP contribution is 2.19. The third-order valence-electron chi connectivity index (χ3n) is 4.38. The Kier molecular flexibility index (Phi) is 5.68. The number of carbonyl (C=O) groups is 1. The first-order valence-electron chi connectivity index (χ1n) is 8.51.